The Morgan fingerprint density at radius 3 is 2.29 bits per heavy atom. The molecule has 0 saturated heterocycles. The maximum Gasteiger partial charge on any atom is 0.00395 e. The molecular weight excluding hydrogens is 236 g/mol. The van der Waals surface area contributed by atoms with E-state index in [1.807, 2.05) is 0 Å². The van der Waals surface area contributed by atoms with Crippen LogP contribution >= 0.6 is 15.9 Å². The molecule has 1 aromatic carbocycles. The zero-order chi connectivity index (χ0) is 10.8. The van der Waals surface area contributed by atoms with Crippen molar-refractivity contribution in [2.75, 3.05) is 5.33 Å². The van der Waals surface area contributed by atoms with Gasteiger partial charge in [-0.1, -0.05) is 48.0 Å². The van der Waals surface area contributed by atoms with E-state index in [4.69, 9.17) is 0 Å². The highest BCUT2D eigenvalue weighted by molar-refractivity contribution is 9.09. The number of aryl methyl sites for hydroxylation is 2. The first kappa shape index (κ1) is 11.8. The van der Waals surface area contributed by atoms with Crippen LogP contribution in [-0.4, -0.2) is 5.33 Å². The van der Waals surface area contributed by atoms with Crippen molar-refractivity contribution in [1.29, 1.82) is 0 Å². The van der Waals surface area contributed by atoms with Gasteiger partial charge in [0, 0.05) is 5.33 Å². The topological polar surface area (TPSA) is 0 Å². The molecule has 0 aromatic heterocycles. The maximum absolute atomic E-state index is 3.52. The highest BCUT2D eigenvalue weighted by atomic mass is 79.9. The molecule has 0 atom stereocenters. The number of benzene rings is 1. The molecule has 1 aromatic rings. The average molecular weight is 255 g/mol. The van der Waals surface area contributed by atoms with Crippen LogP contribution in [0, 0.1) is 13.8 Å². The molecule has 1 heteroatoms. The Kier molecular flexibility index (Phi) is 3.77. The standard InChI is InChI=1S/C13H19Br/c1-10-5-6-12(9-11(10)2)13(3,4)7-8-14/h5-6,9H,7-8H2,1-4H3. The van der Waals surface area contributed by atoms with E-state index in [1.165, 1.54) is 23.1 Å². The molecule has 14 heavy (non-hydrogen) atoms. The van der Waals surface area contributed by atoms with Crippen molar-refractivity contribution in [3.8, 4) is 0 Å². The number of alkyl halides is 1. The van der Waals surface area contributed by atoms with Gasteiger partial charge in [-0.3, -0.25) is 0 Å². The van der Waals surface area contributed by atoms with Crippen LogP contribution < -0.4 is 0 Å². The van der Waals surface area contributed by atoms with Crippen molar-refractivity contribution in [3.63, 3.8) is 0 Å². The van der Waals surface area contributed by atoms with Gasteiger partial charge >= 0.3 is 0 Å². The van der Waals surface area contributed by atoms with Gasteiger partial charge in [-0.2, -0.15) is 0 Å². The van der Waals surface area contributed by atoms with Crippen molar-refractivity contribution < 1.29 is 0 Å². The molecule has 0 heterocycles. The fraction of sp³-hybridized carbons (Fsp3) is 0.538. The summed E-state index contributed by atoms with van der Waals surface area (Å²) < 4.78 is 0. The van der Waals surface area contributed by atoms with Gasteiger partial charge in [-0.05, 0) is 42.4 Å². The molecular formula is C13H19Br. The Bertz CT molecular complexity index is 313. The third-order valence-corrected chi connectivity index (χ3v) is 3.40. The van der Waals surface area contributed by atoms with Crippen molar-refractivity contribution in [2.45, 2.75) is 39.5 Å². The van der Waals surface area contributed by atoms with Gasteiger partial charge in [-0.15, -0.1) is 0 Å². The summed E-state index contributed by atoms with van der Waals surface area (Å²) in [6.07, 6.45) is 1.18. The Balaban J connectivity index is 3.01. The molecule has 0 spiro atoms. The highest BCUT2D eigenvalue weighted by Crippen LogP contribution is 2.28. The van der Waals surface area contributed by atoms with Gasteiger partial charge in [-0.25, -0.2) is 0 Å². The third kappa shape index (κ3) is 2.60. The molecule has 0 amide bonds. The molecule has 78 valence electrons. The summed E-state index contributed by atoms with van der Waals surface area (Å²) in [5, 5.41) is 1.06. The molecule has 0 aliphatic heterocycles. The van der Waals surface area contributed by atoms with E-state index in [2.05, 4.69) is 61.8 Å². The van der Waals surface area contributed by atoms with Gasteiger partial charge in [0.05, 0.1) is 0 Å². The lowest BCUT2D eigenvalue weighted by Crippen LogP contribution is -2.17. The second-order valence-electron chi connectivity index (χ2n) is 4.62. The summed E-state index contributed by atoms with van der Waals surface area (Å²) in [6.45, 7) is 8.95. The minimum absolute atomic E-state index is 0.280. The van der Waals surface area contributed by atoms with E-state index in [1.54, 1.807) is 0 Å². The van der Waals surface area contributed by atoms with Crippen LogP contribution in [0.4, 0.5) is 0 Å². The molecule has 0 aliphatic rings. The second-order valence-corrected chi connectivity index (χ2v) is 5.41. The fourth-order valence-corrected chi connectivity index (χ4v) is 2.53. The first-order chi connectivity index (χ1) is 6.47. The van der Waals surface area contributed by atoms with E-state index in [0.717, 1.165) is 5.33 Å². The lowest BCUT2D eigenvalue weighted by atomic mass is 9.81. The first-order valence-electron chi connectivity index (χ1n) is 5.11. The number of hydrogen-bond donors (Lipinski definition) is 0. The van der Waals surface area contributed by atoms with Crippen molar-refractivity contribution in [3.05, 3.63) is 34.9 Å². The first-order valence-corrected chi connectivity index (χ1v) is 6.23. The Morgan fingerprint density at radius 2 is 1.79 bits per heavy atom. The summed E-state index contributed by atoms with van der Waals surface area (Å²) in [6, 6.07) is 6.80. The van der Waals surface area contributed by atoms with Crippen LogP contribution in [0.1, 0.15) is 37.0 Å². The summed E-state index contributed by atoms with van der Waals surface area (Å²) in [4.78, 5) is 0. The van der Waals surface area contributed by atoms with Crippen LogP contribution in [0.3, 0.4) is 0 Å². The minimum atomic E-state index is 0.280. The molecule has 0 radical (unpaired) electrons. The van der Waals surface area contributed by atoms with Crippen molar-refractivity contribution in [2.24, 2.45) is 0 Å². The SMILES string of the molecule is Cc1ccc(C(C)(C)CCBr)cc1C. The zero-order valence-corrected chi connectivity index (χ0v) is 11.1. The largest absolute Gasteiger partial charge is 0.0928 e. The smallest absolute Gasteiger partial charge is 0.00395 e. The lowest BCUT2D eigenvalue weighted by molar-refractivity contribution is 0.512. The molecule has 0 aliphatic carbocycles. The number of rotatable bonds is 3. The predicted molar refractivity (Wildman–Crippen MR) is 67.4 cm³/mol. The van der Waals surface area contributed by atoms with Crippen LogP contribution in [0.25, 0.3) is 0 Å². The summed E-state index contributed by atoms with van der Waals surface area (Å²) in [7, 11) is 0. The highest BCUT2D eigenvalue weighted by Gasteiger charge is 2.19. The second kappa shape index (κ2) is 4.48. The summed E-state index contributed by atoms with van der Waals surface area (Å²) in [5.74, 6) is 0. The molecule has 0 N–H and O–H groups in total. The van der Waals surface area contributed by atoms with Crippen LogP contribution in [0.15, 0.2) is 18.2 Å². The maximum atomic E-state index is 3.52. The molecule has 1 rings (SSSR count). The van der Waals surface area contributed by atoms with E-state index in [-0.39, 0.29) is 5.41 Å². The molecule has 0 saturated carbocycles. The lowest BCUT2D eigenvalue weighted by Gasteiger charge is -2.25. The minimum Gasteiger partial charge on any atom is -0.0928 e. The summed E-state index contributed by atoms with van der Waals surface area (Å²) >= 11 is 3.52. The average Bonchev–Trinajstić information content (AvgIpc) is 2.09. The Morgan fingerprint density at radius 1 is 1.14 bits per heavy atom. The van der Waals surface area contributed by atoms with E-state index in [0.29, 0.717) is 0 Å². The number of hydrogen-bond acceptors (Lipinski definition) is 0. The molecule has 0 unspecified atom stereocenters. The Hall–Kier alpha value is -0.300. The van der Waals surface area contributed by atoms with E-state index < -0.39 is 0 Å². The predicted octanol–water partition coefficient (Wildman–Crippen LogP) is 4.37. The van der Waals surface area contributed by atoms with Crippen LogP contribution in [-0.2, 0) is 5.41 Å². The van der Waals surface area contributed by atoms with Crippen molar-refractivity contribution >= 4 is 15.9 Å². The fourth-order valence-electron chi connectivity index (χ4n) is 1.54. The van der Waals surface area contributed by atoms with Gasteiger partial charge in [0.25, 0.3) is 0 Å². The zero-order valence-electron chi connectivity index (χ0n) is 9.52. The van der Waals surface area contributed by atoms with Crippen LogP contribution in [0.5, 0.6) is 0 Å². The summed E-state index contributed by atoms with van der Waals surface area (Å²) in [5.41, 5.74) is 4.50. The van der Waals surface area contributed by atoms with Crippen molar-refractivity contribution in [1.82, 2.24) is 0 Å². The monoisotopic (exact) mass is 254 g/mol. The normalized spacial score (nSPS) is 11.8. The van der Waals surface area contributed by atoms with E-state index in [9.17, 15) is 0 Å². The van der Waals surface area contributed by atoms with Gasteiger partial charge < -0.3 is 0 Å². The quantitative estimate of drug-likeness (QED) is 0.704. The van der Waals surface area contributed by atoms with Crippen LogP contribution in [0.2, 0.25) is 0 Å². The number of halogens is 1. The van der Waals surface area contributed by atoms with E-state index >= 15 is 0 Å². The van der Waals surface area contributed by atoms with Gasteiger partial charge in [0.15, 0.2) is 0 Å². The Labute approximate surface area is 95.9 Å². The molecule has 0 nitrogen and oxygen atoms in total. The molecule has 0 bridgehead atoms. The third-order valence-electron chi connectivity index (χ3n) is 3.01. The molecule has 0 fully saturated rings. The van der Waals surface area contributed by atoms with Gasteiger partial charge in [0.1, 0.15) is 0 Å². The van der Waals surface area contributed by atoms with Gasteiger partial charge in [0.2, 0.25) is 0 Å².